The molecule has 7 heteroatoms. The Morgan fingerprint density at radius 2 is 2.00 bits per heavy atom. The molecule has 0 amide bonds. The molecule has 1 aromatic carbocycles. The van der Waals surface area contributed by atoms with Crippen LogP contribution >= 0.6 is 0 Å². The SMILES string of the molecule is Cc1nn(-c2ccccn2)c2nc(C3CCCN3Cc3cn(C)c4ccc(F)cc34)ccc12. The Morgan fingerprint density at radius 3 is 2.85 bits per heavy atom. The van der Waals surface area contributed by atoms with Gasteiger partial charge in [-0.3, -0.25) is 4.90 Å². The van der Waals surface area contributed by atoms with Crippen molar-refractivity contribution in [3.05, 3.63) is 83.7 Å². The van der Waals surface area contributed by atoms with Crippen molar-refractivity contribution in [1.82, 2.24) is 29.2 Å². The first-order valence-electron chi connectivity index (χ1n) is 11.3. The molecular weight excluding hydrogens is 415 g/mol. The van der Waals surface area contributed by atoms with Gasteiger partial charge in [-0.15, -0.1) is 0 Å². The number of rotatable bonds is 4. The van der Waals surface area contributed by atoms with E-state index in [2.05, 4.69) is 32.8 Å². The molecule has 1 aliphatic heterocycles. The molecule has 5 heterocycles. The Hall–Kier alpha value is -3.58. The number of fused-ring (bicyclic) bond motifs is 2. The predicted molar refractivity (Wildman–Crippen MR) is 127 cm³/mol. The number of hydrogen-bond donors (Lipinski definition) is 0. The number of likely N-dealkylation sites (tertiary alicyclic amines) is 1. The molecule has 0 spiro atoms. The Labute approximate surface area is 191 Å². The molecule has 1 atom stereocenters. The van der Waals surface area contributed by atoms with Crippen molar-refractivity contribution in [2.75, 3.05) is 6.54 Å². The second kappa shape index (κ2) is 7.78. The predicted octanol–water partition coefficient (Wildman–Crippen LogP) is 5.09. The third kappa shape index (κ3) is 3.40. The average molecular weight is 441 g/mol. The summed E-state index contributed by atoms with van der Waals surface area (Å²) < 4.78 is 17.9. The van der Waals surface area contributed by atoms with E-state index >= 15 is 0 Å². The van der Waals surface area contributed by atoms with Crippen LogP contribution in [0.5, 0.6) is 0 Å². The first-order valence-corrected chi connectivity index (χ1v) is 11.3. The van der Waals surface area contributed by atoms with Crippen LogP contribution in [0, 0.1) is 12.7 Å². The summed E-state index contributed by atoms with van der Waals surface area (Å²) in [5.41, 5.74) is 5.02. The smallest absolute Gasteiger partial charge is 0.165 e. The second-order valence-electron chi connectivity index (χ2n) is 8.85. The quantitative estimate of drug-likeness (QED) is 0.391. The number of aromatic nitrogens is 5. The largest absolute Gasteiger partial charge is 0.350 e. The van der Waals surface area contributed by atoms with Gasteiger partial charge in [0.1, 0.15) is 5.82 Å². The maximum Gasteiger partial charge on any atom is 0.165 e. The number of benzene rings is 1. The highest BCUT2D eigenvalue weighted by Gasteiger charge is 2.28. The lowest BCUT2D eigenvalue weighted by Gasteiger charge is -2.24. The van der Waals surface area contributed by atoms with Gasteiger partial charge in [-0.1, -0.05) is 6.07 Å². The maximum atomic E-state index is 14.0. The van der Waals surface area contributed by atoms with Gasteiger partial charge in [0, 0.05) is 42.3 Å². The Balaban J connectivity index is 1.37. The Morgan fingerprint density at radius 1 is 1.09 bits per heavy atom. The van der Waals surface area contributed by atoms with Gasteiger partial charge >= 0.3 is 0 Å². The minimum absolute atomic E-state index is 0.196. The van der Waals surface area contributed by atoms with Crippen molar-refractivity contribution in [2.45, 2.75) is 32.4 Å². The van der Waals surface area contributed by atoms with E-state index in [9.17, 15) is 4.39 Å². The van der Waals surface area contributed by atoms with Crippen LogP contribution < -0.4 is 0 Å². The van der Waals surface area contributed by atoms with Crippen molar-refractivity contribution in [3.63, 3.8) is 0 Å². The molecule has 0 N–H and O–H groups in total. The van der Waals surface area contributed by atoms with Crippen molar-refractivity contribution < 1.29 is 4.39 Å². The minimum atomic E-state index is -0.196. The van der Waals surface area contributed by atoms with Gasteiger partial charge in [-0.25, -0.2) is 14.4 Å². The lowest BCUT2D eigenvalue weighted by Crippen LogP contribution is -2.23. The molecule has 6 rings (SSSR count). The summed E-state index contributed by atoms with van der Waals surface area (Å²) in [4.78, 5) is 12.0. The molecule has 0 aliphatic carbocycles. The molecule has 1 fully saturated rings. The summed E-state index contributed by atoms with van der Waals surface area (Å²) in [6.07, 6.45) is 6.06. The summed E-state index contributed by atoms with van der Waals surface area (Å²) in [5, 5.41) is 6.72. The standard InChI is InChI=1S/C26H25FN6/c1-17-20-9-10-22(29-26(20)33(30-17)25-7-3-4-12-28-25)24-6-5-13-32(24)16-18-15-31(2)23-11-8-19(27)14-21(18)23/h3-4,7-12,14-15,24H,5-6,13,16H2,1-2H3. The van der Waals surface area contributed by atoms with Crippen LogP contribution in [0.15, 0.2) is 60.9 Å². The summed E-state index contributed by atoms with van der Waals surface area (Å²) in [6, 6.07) is 15.3. The highest BCUT2D eigenvalue weighted by atomic mass is 19.1. The third-order valence-electron chi connectivity index (χ3n) is 6.72. The second-order valence-corrected chi connectivity index (χ2v) is 8.85. The van der Waals surface area contributed by atoms with Crippen LogP contribution in [0.4, 0.5) is 4.39 Å². The summed E-state index contributed by atoms with van der Waals surface area (Å²) in [6.45, 7) is 3.77. The molecule has 4 aromatic heterocycles. The van der Waals surface area contributed by atoms with Gasteiger partial charge in [-0.05, 0) is 74.3 Å². The third-order valence-corrected chi connectivity index (χ3v) is 6.72. The van der Waals surface area contributed by atoms with Crippen LogP contribution in [0.3, 0.4) is 0 Å². The van der Waals surface area contributed by atoms with Crippen LogP contribution in [0.1, 0.15) is 35.8 Å². The average Bonchev–Trinajstić information content (AvgIpc) is 3.51. The normalized spacial score (nSPS) is 16.9. The van der Waals surface area contributed by atoms with Gasteiger partial charge in [0.15, 0.2) is 11.5 Å². The molecule has 166 valence electrons. The molecule has 0 bridgehead atoms. The lowest BCUT2D eigenvalue weighted by atomic mass is 10.1. The van der Waals surface area contributed by atoms with Crippen LogP contribution in [-0.4, -0.2) is 35.8 Å². The number of pyridine rings is 2. The van der Waals surface area contributed by atoms with Gasteiger partial charge in [-0.2, -0.15) is 9.78 Å². The van der Waals surface area contributed by atoms with E-state index in [0.29, 0.717) is 0 Å². The molecule has 6 nitrogen and oxygen atoms in total. The summed E-state index contributed by atoms with van der Waals surface area (Å²) in [5.74, 6) is 0.569. The molecular formula is C26H25FN6. The van der Waals surface area contributed by atoms with E-state index in [1.54, 1.807) is 12.3 Å². The molecule has 0 radical (unpaired) electrons. The van der Waals surface area contributed by atoms with E-state index < -0.39 is 0 Å². The highest BCUT2D eigenvalue weighted by Crippen LogP contribution is 2.35. The van der Waals surface area contributed by atoms with Crippen molar-refractivity contribution in [3.8, 4) is 5.82 Å². The minimum Gasteiger partial charge on any atom is -0.350 e. The van der Waals surface area contributed by atoms with E-state index in [1.807, 2.05) is 42.9 Å². The Bertz CT molecular complexity index is 1470. The van der Waals surface area contributed by atoms with E-state index in [4.69, 9.17) is 10.1 Å². The van der Waals surface area contributed by atoms with Gasteiger partial charge in [0.05, 0.1) is 17.4 Å². The van der Waals surface area contributed by atoms with Gasteiger partial charge in [0.25, 0.3) is 0 Å². The van der Waals surface area contributed by atoms with Gasteiger partial charge < -0.3 is 4.57 Å². The molecule has 1 saturated heterocycles. The lowest BCUT2D eigenvalue weighted by molar-refractivity contribution is 0.245. The first-order chi connectivity index (χ1) is 16.1. The number of aryl methyl sites for hydroxylation is 2. The molecule has 0 saturated carbocycles. The first kappa shape index (κ1) is 20.1. The van der Waals surface area contributed by atoms with Crippen molar-refractivity contribution in [1.29, 1.82) is 0 Å². The van der Waals surface area contributed by atoms with Crippen molar-refractivity contribution >= 4 is 21.9 Å². The zero-order valence-electron chi connectivity index (χ0n) is 18.7. The molecule has 33 heavy (non-hydrogen) atoms. The molecule has 5 aromatic rings. The zero-order chi connectivity index (χ0) is 22.5. The zero-order valence-corrected chi connectivity index (χ0v) is 18.7. The monoisotopic (exact) mass is 440 g/mol. The maximum absolute atomic E-state index is 14.0. The van der Waals surface area contributed by atoms with Crippen LogP contribution in [0.2, 0.25) is 0 Å². The summed E-state index contributed by atoms with van der Waals surface area (Å²) in [7, 11) is 2.02. The molecule has 1 aliphatic rings. The number of halogens is 1. The summed E-state index contributed by atoms with van der Waals surface area (Å²) >= 11 is 0. The van der Waals surface area contributed by atoms with Crippen LogP contribution in [-0.2, 0) is 13.6 Å². The Kier molecular flexibility index (Phi) is 4.73. The highest BCUT2D eigenvalue weighted by molar-refractivity contribution is 5.84. The van der Waals surface area contributed by atoms with E-state index in [-0.39, 0.29) is 11.9 Å². The van der Waals surface area contributed by atoms with Crippen LogP contribution in [0.25, 0.3) is 27.8 Å². The van der Waals surface area contributed by atoms with Crippen molar-refractivity contribution in [2.24, 2.45) is 7.05 Å². The fraction of sp³-hybridized carbons (Fsp3) is 0.269. The topological polar surface area (TPSA) is 51.8 Å². The molecule has 1 unspecified atom stereocenters. The van der Waals surface area contributed by atoms with E-state index in [1.165, 1.54) is 6.07 Å². The fourth-order valence-electron chi connectivity index (χ4n) is 5.12. The number of hydrogen-bond acceptors (Lipinski definition) is 4. The van der Waals surface area contributed by atoms with Gasteiger partial charge in [0.2, 0.25) is 0 Å². The number of nitrogens with zero attached hydrogens (tertiary/aromatic N) is 6. The fourth-order valence-corrected chi connectivity index (χ4v) is 5.12. The van der Waals surface area contributed by atoms with E-state index in [0.717, 1.165) is 70.6 Å².